The average Bonchev–Trinajstić information content (AvgIpc) is 2.58. The van der Waals surface area contributed by atoms with Gasteiger partial charge in [0.25, 0.3) is 0 Å². The van der Waals surface area contributed by atoms with Crippen molar-refractivity contribution in [1.29, 1.82) is 0 Å². The summed E-state index contributed by atoms with van der Waals surface area (Å²) in [5, 5.41) is 3.36. The van der Waals surface area contributed by atoms with Gasteiger partial charge in [0.05, 0.1) is 0 Å². The summed E-state index contributed by atoms with van der Waals surface area (Å²) in [6.45, 7) is 5.33. The van der Waals surface area contributed by atoms with E-state index in [-0.39, 0.29) is 17.8 Å². The summed E-state index contributed by atoms with van der Waals surface area (Å²) in [7, 11) is 0. The maximum Gasteiger partial charge on any atom is 0.224 e. The van der Waals surface area contributed by atoms with Gasteiger partial charge in [0, 0.05) is 31.6 Å². The molecule has 0 aromatic heterocycles. The molecule has 1 aliphatic heterocycles. The zero-order chi connectivity index (χ0) is 13.1. The summed E-state index contributed by atoms with van der Waals surface area (Å²) in [4.78, 5) is 13.6. The lowest BCUT2D eigenvalue weighted by molar-refractivity contribution is -0.128. The third-order valence-corrected chi connectivity index (χ3v) is 3.05. The fourth-order valence-corrected chi connectivity index (χ4v) is 2.36. The molecule has 4 heteroatoms. The number of halogens is 1. The fourth-order valence-electron chi connectivity index (χ4n) is 2.36. The Bertz CT molecular complexity index is 434. The lowest BCUT2D eigenvalue weighted by Gasteiger charge is -2.18. The smallest absolute Gasteiger partial charge is 0.224 e. The SMILES string of the molecule is CC(C)N[C@@H]1CC(=O)N(Cc2cccc(F)c2)C1. The van der Waals surface area contributed by atoms with Crippen molar-refractivity contribution in [3.63, 3.8) is 0 Å². The molecule has 98 valence electrons. The van der Waals surface area contributed by atoms with Crippen molar-refractivity contribution in [2.75, 3.05) is 6.54 Å². The van der Waals surface area contributed by atoms with Crippen LogP contribution in [0.1, 0.15) is 25.8 Å². The number of nitrogens with zero attached hydrogens (tertiary/aromatic N) is 1. The predicted octanol–water partition coefficient (Wildman–Crippen LogP) is 1.92. The van der Waals surface area contributed by atoms with Gasteiger partial charge in [0.15, 0.2) is 0 Å². The Morgan fingerprint density at radius 2 is 2.28 bits per heavy atom. The van der Waals surface area contributed by atoms with Crippen LogP contribution in [0.4, 0.5) is 4.39 Å². The summed E-state index contributed by atoms with van der Waals surface area (Å²) >= 11 is 0. The maximum atomic E-state index is 13.1. The molecular weight excluding hydrogens is 231 g/mol. The van der Waals surface area contributed by atoms with Crippen molar-refractivity contribution >= 4 is 5.91 Å². The predicted molar refractivity (Wildman–Crippen MR) is 68.5 cm³/mol. The first-order valence-electron chi connectivity index (χ1n) is 6.33. The lowest BCUT2D eigenvalue weighted by atomic mass is 10.2. The Hall–Kier alpha value is -1.42. The average molecular weight is 250 g/mol. The minimum absolute atomic E-state index is 0.136. The maximum absolute atomic E-state index is 13.1. The molecule has 1 N–H and O–H groups in total. The highest BCUT2D eigenvalue weighted by atomic mass is 19.1. The molecule has 0 radical (unpaired) electrons. The summed E-state index contributed by atoms with van der Waals surface area (Å²) in [5.74, 6) is -0.117. The highest BCUT2D eigenvalue weighted by molar-refractivity contribution is 5.79. The van der Waals surface area contributed by atoms with Gasteiger partial charge in [-0.05, 0) is 17.7 Å². The van der Waals surface area contributed by atoms with Gasteiger partial charge < -0.3 is 10.2 Å². The molecule has 0 aliphatic carbocycles. The summed E-state index contributed by atoms with van der Waals surface area (Å²) < 4.78 is 13.1. The first kappa shape index (κ1) is 13.0. The van der Waals surface area contributed by atoms with Crippen LogP contribution < -0.4 is 5.32 Å². The molecule has 1 heterocycles. The van der Waals surface area contributed by atoms with E-state index in [0.29, 0.717) is 25.6 Å². The molecule has 0 spiro atoms. The first-order valence-corrected chi connectivity index (χ1v) is 6.33. The van der Waals surface area contributed by atoms with Gasteiger partial charge in [-0.15, -0.1) is 0 Å². The van der Waals surface area contributed by atoms with E-state index in [4.69, 9.17) is 0 Å². The van der Waals surface area contributed by atoms with Crippen LogP contribution in [0.25, 0.3) is 0 Å². The zero-order valence-corrected chi connectivity index (χ0v) is 10.8. The van der Waals surface area contributed by atoms with Crippen LogP contribution in [-0.4, -0.2) is 29.4 Å². The molecule has 1 fully saturated rings. The van der Waals surface area contributed by atoms with Crippen LogP contribution in [0.15, 0.2) is 24.3 Å². The Morgan fingerprint density at radius 3 is 2.94 bits per heavy atom. The second-order valence-corrected chi connectivity index (χ2v) is 5.13. The van der Waals surface area contributed by atoms with Crippen molar-refractivity contribution in [2.45, 2.75) is 38.9 Å². The monoisotopic (exact) mass is 250 g/mol. The number of likely N-dealkylation sites (tertiary alicyclic amines) is 1. The van der Waals surface area contributed by atoms with E-state index in [1.54, 1.807) is 11.0 Å². The molecule has 1 saturated heterocycles. The highest BCUT2D eigenvalue weighted by Gasteiger charge is 2.29. The normalized spacial score (nSPS) is 19.9. The first-order chi connectivity index (χ1) is 8.54. The van der Waals surface area contributed by atoms with Gasteiger partial charge in [-0.1, -0.05) is 26.0 Å². The Kier molecular flexibility index (Phi) is 3.97. The van der Waals surface area contributed by atoms with Crippen molar-refractivity contribution in [1.82, 2.24) is 10.2 Å². The van der Waals surface area contributed by atoms with Gasteiger partial charge in [0.1, 0.15) is 5.82 Å². The minimum atomic E-state index is -0.254. The van der Waals surface area contributed by atoms with Crippen LogP contribution in [0, 0.1) is 5.82 Å². The van der Waals surface area contributed by atoms with Gasteiger partial charge in [0.2, 0.25) is 5.91 Å². The fraction of sp³-hybridized carbons (Fsp3) is 0.500. The number of carbonyl (C=O) groups is 1. The van der Waals surface area contributed by atoms with Crippen molar-refractivity contribution in [3.05, 3.63) is 35.6 Å². The van der Waals surface area contributed by atoms with Gasteiger partial charge in [-0.2, -0.15) is 0 Å². The van der Waals surface area contributed by atoms with Crippen LogP contribution in [0.5, 0.6) is 0 Å². The number of benzene rings is 1. The molecule has 1 aromatic carbocycles. The number of nitrogens with one attached hydrogen (secondary N) is 1. The van der Waals surface area contributed by atoms with Crippen molar-refractivity contribution in [3.8, 4) is 0 Å². The molecule has 0 saturated carbocycles. The third-order valence-electron chi connectivity index (χ3n) is 3.05. The summed E-state index contributed by atoms with van der Waals surface area (Å²) in [6.07, 6.45) is 0.535. The lowest BCUT2D eigenvalue weighted by Crippen LogP contribution is -2.36. The van der Waals surface area contributed by atoms with E-state index in [9.17, 15) is 9.18 Å². The van der Waals surface area contributed by atoms with E-state index in [1.807, 2.05) is 6.07 Å². The molecule has 3 nitrogen and oxygen atoms in total. The van der Waals surface area contributed by atoms with Gasteiger partial charge in [-0.3, -0.25) is 4.79 Å². The Balaban J connectivity index is 1.96. The van der Waals surface area contributed by atoms with E-state index >= 15 is 0 Å². The molecule has 18 heavy (non-hydrogen) atoms. The third kappa shape index (κ3) is 3.29. The number of hydrogen-bond donors (Lipinski definition) is 1. The Labute approximate surface area is 107 Å². The molecule has 1 amide bonds. The van der Waals surface area contributed by atoms with E-state index in [0.717, 1.165) is 5.56 Å². The van der Waals surface area contributed by atoms with E-state index in [2.05, 4.69) is 19.2 Å². The second kappa shape index (κ2) is 5.48. The number of hydrogen-bond acceptors (Lipinski definition) is 2. The number of carbonyl (C=O) groups excluding carboxylic acids is 1. The molecule has 2 rings (SSSR count). The highest BCUT2D eigenvalue weighted by Crippen LogP contribution is 2.16. The summed E-state index contributed by atoms with van der Waals surface area (Å²) in [5.41, 5.74) is 0.841. The standard InChI is InChI=1S/C14H19FN2O/c1-10(2)16-13-7-14(18)17(9-13)8-11-4-3-5-12(15)6-11/h3-6,10,13,16H,7-9H2,1-2H3/t13-/m1/s1. The topological polar surface area (TPSA) is 32.3 Å². The van der Waals surface area contributed by atoms with Crippen LogP contribution in [0.3, 0.4) is 0 Å². The van der Waals surface area contributed by atoms with Crippen LogP contribution in [0.2, 0.25) is 0 Å². The van der Waals surface area contributed by atoms with Gasteiger partial charge >= 0.3 is 0 Å². The number of rotatable bonds is 4. The molecule has 0 unspecified atom stereocenters. The molecule has 0 bridgehead atoms. The molecule has 1 atom stereocenters. The Morgan fingerprint density at radius 1 is 1.50 bits per heavy atom. The molecule has 1 aliphatic rings. The summed E-state index contributed by atoms with van der Waals surface area (Å²) in [6, 6.07) is 7.01. The largest absolute Gasteiger partial charge is 0.337 e. The van der Waals surface area contributed by atoms with Crippen molar-refractivity contribution < 1.29 is 9.18 Å². The van der Waals surface area contributed by atoms with E-state index < -0.39 is 0 Å². The van der Waals surface area contributed by atoms with Gasteiger partial charge in [-0.25, -0.2) is 4.39 Å². The van der Waals surface area contributed by atoms with Crippen LogP contribution >= 0.6 is 0 Å². The van der Waals surface area contributed by atoms with Crippen LogP contribution in [-0.2, 0) is 11.3 Å². The zero-order valence-electron chi connectivity index (χ0n) is 10.8. The van der Waals surface area contributed by atoms with E-state index in [1.165, 1.54) is 12.1 Å². The minimum Gasteiger partial charge on any atom is -0.337 e. The molecular formula is C14H19FN2O. The molecule has 1 aromatic rings. The number of amides is 1. The van der Waals surface area contributed by atoms with Crippen molar-refractivity contribution in [2.24, 2.45) is 0 Å². The quantitative estimate of drug-likeness (QED) is 0.885. The second-order valence-electron chi connectivity index (χ2n) is 5.13.